The molecule has 0 unspecified atom stereocenters. The number of methoxy groups -OCH3 is 1. The number of nitrogens with zero attached hydrogens (tertiary/aromatic N) is 8. The number of fused-ring (bicyclic) bond motifs is 6. The van der Waals surface area contributed by atoms with Crippen molar-refractivity contribution < 1.29 is 33.4 Å². The third-order valence-electron chi connectivity index (χ3n) is 13.7. The highest BCUT2D eigenvalue weighted by Crippen LogP contribution is 2.42. The molecule has 22 heteroatoms. The molecular weight excluding hydrogens is 1020 g/mol. The molecule has 0 radical (unpaired) electrons. The molecular formula is C51H78N10O7S5. The number of piperazine rings is 1. The first-order valence-corrected chi connectivity index (χ1v) is 25.1. The number of aryl methyl sites for hydroxylation is 1. The standard InChI is InChI=1S/C51H70N10O7S.4H2S/c1-11-43(62)56(8)21-22-58-23-25-59(26-24-58)50(66)57(9)45(32(3)4)47(63)54-39-28-42-53-40(30-69-42)34-17-18-41-36(27-34)37(46(60(41)12-2)35-15-13-19-52-44(35)33(5)67-10)29-51(6,7)31-68-49(65)38-16-14-20-61(55-38)48(39)64;;;;/h11,13,15,17-19,27,30,32-33,38-39,45,55H,1,12,14,16,20-26,28-29,31H2,2-10H3,(H,54,63);4*1H2/t33-,38-,39-,45-;;;;/m0..../s1. The second-order valence-electron chi connectivity index (χ2n) is 19.6. The molecule has 5 amide bonds. The summed E-state index contributed by atoms with van der Waals surface area (Å²) in [7, 11) is 5.05. The van der Waals surface area contributed by atoms with Crippen molar-refractivity contribution in [2.45, 2.75) is 98.0 Å². The Hall–Kier alpha value is -4.29. The maximum Gasteiger partial charge on any atom is 0.324 e. The number of hydrazine groups is 1. The number of amides is 5. The number of aromatic nitrogens is 3. The van der Waals surface area contributed by atoms with Gasteiger partial charge in [0, 0.05) is 119 Å². The lowest BCUT2D eigenvalue weighted by Gasteiger charge is -2.40. The summed E-state index contributed by atoms with van der Waals surface area (Å²) >= 11 is 1.41. The van der Waals surface area contributed by atoms with Crippen LogP contribution in [0, 0.1) is 11.3 Å². The Balaban J connectivity index is 0.00000352. The van der Waals surface area contributed by atoms with Crippen molar-refractivity contribution in [3.8, 4) is 22.5 Å². The van der Waals surface area contributed by atoms with Crippen molar-refractivity contribution in [1.82, 2.24) is 49.9 Å². The van der Waals surface area contributed by atoms with E-state index >= 15 is 0 Å². The number of pyridine rings is 1. The summed E-state index contributed by atoms with van der Waals surface area (Å²) in [6.07, 6.45) is 4.50. The minimum atomic E-state index is -1.07. The van der Waals surface area contributed by atoms with Crippen LogP contribution < -0.4 is 10.7 Å². The van der Waals surface area contributed by atoms with Crippen molar-refractivity contribution in [3.63, 3.8) is 0 Å². The number of urea groups is 1. The van der Waals surface area contributed by atoms with E-state index in [1.165, 1.54) is 27.3 Å². The van der Waals surface area contributed by atoms with Gasteiger partial charge in [0.05, 0.1) is 34.8 Å². The SMILES string of the molecule is C=CC(=O)N(C)CCN1CCN(C(=O)N(C)[C@H](C(=O)N[C@H]2Cc3nc(cs3)-c3ccc4c(c3)c(c(-c3cccnc3[C@H](C)OC)n4CC)CC(C)(C)COC(=O)[C@@H]3CCCN(N3)C2=O)C(C)C)CC1.S.S.S.S. The molecule has 3 aromatic heterocycles. The third kappa shape index (κ3) is 14.4. The molecule has 0 saturated carbocycles. The summed E-state index contributed by atoms with van der Waals surface area (Å²) < 4.78 is 14.3. The number of nitrogens with one attached hydrogen (secondary N) is 2. The summed E-state index contributed by atoms with van der Waals surface area (Å²) in [5.41, 5.74) is 9.29. The van der Waals surface area contributed by atoms with Crippen LogP contribution in [0.4, 0.5) is 4.79 Å². The van der Waals surface area contributed by atoms with E-state index in [1.807, 2.05) is 32.2 Å². The summed E-state index contributed by atoms with van der Waals surface area (Å²) in [5, 5.41) is 8.16. The highest BCUT2D eigenvalue weighted by molar-refractivity contribution is 7.59. The second-order valence-corrected chi connectivity index (χ2v) is 20.6. The highest BCUT2D eigenvalue weighted by Gasteiger charge is 2.39. The van der Waals surface area contributed by atoms with Gasteiger partial charge < -0.3 is 34.1 Å². The van der Waals surface area contributed by atoms with Crippen molar-refractivity contribution in [2.24, 2.45) is 11.3 Å². The normalized spacial score (nSPS) is 18.9. The van der Waals surface area contributed by atoms with Gasteiger partial charge in [-0.1, -0.05) is 40.3 Å². The Morgan fingerprint density at radius 2 is 1.77 bits per heavy atom. The predicted molar refractivity (Wildman–Crippen MR) is 308 cm³/mol. The number of hydrogen-bond donors (Lipinski definition) is 2. The second kappa shape index (κ2) is 27.5. The van der Waals surface area contributed by atoms with Crippen LogP contribution in [0.15, 0.2) is 54.6 Å². The van der Waals surface area contributed by atoms with Crippen molar-refractivity contribution in [3.05, 3.63) is 70.8 Å². The number of likely N-dealkylation sites (N-methyl/N-ethyl adjacent to an activating group) is 2. The molecule has 1 aromatic carbocycles. The monoisotopic (exact) mass is 1100 g/mol. The number of carbonyl (C=O) groups is 5. The molecule has 2 fully saturated rings. The highest BCUT2D eigenvalue weighted by atomic mass is 32.1. The number of rotatable bonds is 12. The number of carbonyl (C=O) groups excluding carboxylic acids is 5. The maximum atomic E-state index is 14.7. The van der Waals surface area contributed by atoms with Gasteiger partial charge in [-0.2, -0.15) is 54.0 Å². The minimum absolute atomic E-state index is 0. The smallest absolute Gasteiger partial charge is 0.324 e. The summed E-state index contributed by atoms with van der Waals surface area (Å²) in [4.78, 5) is 86.1. The molecule has 6 heterocycles. The van der Waals surface area contributed by atoms with Crippen molar-refractivity contribution >= 4 is 106 Å². The molecule has 17 nitrogen and oxygen atoms in total. The number of cyclic esters (lactones) is 1. The molecule has 0 spiro atoms. The van der Waals surface area contributed by atoms with Gasteiger partial charge in [0.2, 0.25) is 11.8 Å². The first-order chi connectivity index (χ1) is 32.9. The van der Waals surface area contributed by atoms with E-state index < -0.39 is 41.3 Å². The third-order valence-corrected chi connectivity index (χ3v) is 14.6. The average molecular weight is 1100 g/mol. The molecule has 3 aliphatic heterocycles. The van der Waals surface area contributed by atoms with Gasteiger partial charge in [0.1, 0.15) is 18.1 Å². The fourth-order valence-corrected chi connectivity index (χ4v) is 10.7. The van der Waals surface area contributed by atoms with Crippen molar-refractivity contribution in [2.75, 3.05) is 73.6 Å². The summed E-state index contributed by atoms with van der Waals surface area (Å²) in [5.74, 6) is -1.77. The Morgan fingerprint density at radius 3 is 2.42 bits per heavy atom. The zero-order valence-electron chi connectivity index (χ0n) is 43.7. The lowest BCUT2D eigenvalue weighted by molar-refractivity contribution is -0.155. The zero-order chi connectivity index (χ0) is 49.7. The zero-order valence-corrected chi connectivity index (χ0v) is 48.6. The number of esters is 1. The molecule has 2 N–H and O–H groups in total. The molecule has 6 bridgehead atoms. The molecule has 3 aliphatic rings. The Bertz CT molecular complexity index is 2550. The number of thiazole rings is 1. The molecule has 7 rings (SSSR count). The van der Waals surface area contributed by atoms with Crippen LogP contribution in [-0.4, -0.2) is 161 Å². The van der Waals surface area contributed by atoms with Crippen LogP contribution in [-0.2, 0) is 48.0 Å². The van der Waals surface area contributed by atoms with Crippen LogP contribution in [0.3, 0.4) is 0 Å². The van der Waals surface area contributed by atoms with Gasteiger partial charge in [-0.15, -0.1) is 11.3 Å². The van der Waals surface area contributed by atoms with Gasteiger partial charge in [-0.3, -0.25) is 34.1 Å². The maximum absolute atomic E-state index is 14.7. The number of benzene rings is 1. The van der Waals surface area contributed by atoms with E-state index in [0.717, 1.165) is 44.7 Å². The largest absolute Gasteiger partial charge is 0.464 e. The van der Waals surface area contributed by atoms with E-state index in [9.17, 15) is 24.0 Å². The molecule has 4 atom stereocenters. The molecule has 73 heavy (non-hydrogen) atoms. The Morgan fingerprint density at radius 1 is 1.05 bits per heavy atom. The lowest BCUT2D eigenvalue weighted by atomic mass is 9.84. The predicted octanol–water partition coefficient (Wildman–Crippen LogP) is 5.99. The molecule has 4 aromatic rings. The van der Waals surface area contributed by atoms with Gasteiger partial charge in [0.15, 0.2) is 0 Å². The van der Waals surface area contributed by atoms with Gasteiger partial charge >= 0.3 is 12.0 Å². The average Bonchev–Trinajstić information content (AvgIpc) is 3.94. The van der Waals surface area contributed by atoms with Crippen molar-refractivity contribution in [1.29, 1.82) is 0 Å². The van der Waals surface area contributed by atoms with E-state index in [2.05, 4.69) is 71.8 Å². The van der Waals surface area contributed by atoms with Gasteiger partial charge in [-0.05, 0) is 74.9 Å². The molecule has 404 valence electrons. The van der Waals surface area contributed by atoms with E-state index in [4.69, 9.17) is 19.4 Å². The topological polar surface area (TPSA) is 175 Å². The van der Waals surface area contributed by atoms with E-state index in [1.54, 1.807) is 37.2 Å². The van der Waals surface area contributed by atoms with Crippen LogP contribution in [0.25, 0.3) is 33.4 Å². The van der Waals surface area contributed by atoms with Crippen LogP contribution in [0.5, 0.6) is 0 Å². The van der Waals surface area contributed by atoms with Crippen LogP contribution in [0.2, 0.25) is 0 Å². The Kier molecular flexibility index (Phi) is 23.7. The quantitative estimate of drug-likeness (QED) is 0.126. The first-order valence-electron chi connectivity index (χ1n) is 24.2. The number of ether oxygens (including phenoxy) is 2. The van der Waals surface area contributed by atoms with Crippen LogP contribution in [0.1, 0.15) is 76.8 Å². The fourth-order valence-electron chi connectivity index (χ4n) is 9.81. The minimum Gasteiger partial charge on any atom is -0.464 e. The Labute approximate surface area is 462 Å². The summed E-state index contributed by atoms with van der Waals surface area (Å²) in [6, 6.07) is 7.39. The molecule has 0 aliphatic carbocycles. The fraction of sp³-hybridized carbons (Fsp3) is 0.549. The lowest BCUT2D eigenvalue weighted by Crippen LogP contribution is -2.63. The van der Waals surface area contributed by atoms with Gasteiger partial charge in [-0.25, -0.2) is 15.2 Å². The van der Waals surface area contributed by atoms with Gasteiger partial charge in [0.25, 0.3) is 5.91 Å². The first kappa shape index (κ1) is 63.0. The summed E-state index contributed by atoms with van der Waals surface area (Å²) in [6.45, 7) is 20.2. The van der Waals surface area contributed by atoms with Crippen LogP contribution >= 0.6 is 65.3 Å². The van der Waals surface area contributed by atoms with E-state index in [-0.39, 0.29) is 91.0 Å². The molecule has 2 saturated heterocycles. The number of hydrogen-bond acceptors (Lipinski definition) is 12. The van der Waals surface area contributed by atoms with E-state index in [0.29, 0.717) is 76.6 Å².